The average molecular weight is 501 g/mol. The zero-order chi connectivity index (χ0) is 25.1. The molecule has 2 aliphatic rings. The van der Waals surface area contributed by atoms with Crippen molar-refractivity contribution in [1.29, 1.82) is 0 Å². The number of aromatic nitrogens is 2. The van der Waals surface area contributed by atoms with Crippen molar-refractivity contribution in [2.24, 2.45) is 0 Å². The fourth-order valence-electron chi connectivity index (χ4n) is 5.27. The minimum Gasteiger partial charge on any atom is -0.492 e. The van der Waals surface area contributed by atoms with Gasteiger partial charge in [-0.15, -0.1) is 0 Å². The van der Waals surface area contributed by atoms with E-state index in [4.69, 9.17) is 16.3 Å². The van der Waals surface area contributed by atoms with E-state index in [9.17, 15) is 9.59 Å². The number of carbonyl (C=O) groups excluding carboxylic acids is 2. The molecule has 0 fully saturated rings. The number of ether oxygens (including phenoxy) is 1. The number of fused-ring (bicyclic) bond motifs is 4. The minimum atomic E-state index is -0.391. The Labute approximate surface area is 211 Å². The Bertz CT molecular complexity index is 1700. The summed E-state index contributed by atoms with van der Waals surface area (Å²) in [5.41, 5.74) is 4.72. The molecule has 1 aliphatic carbocycles. The number of halogens is 2. The summed E-state index contributed by atoms with van der Waals surface area (Å²) in [5.74, 6) is -0.326. The maximum Gasteiger partial charge on any atom is 0.176 e. The van der Waals surface area contributed by atoms with E-state index in [1.807, 2.05) is 31.2 Å². The van der Waals surface area contributed by atoms with Crippen LogP contribution in [0.15, 0.2) is 48.6 Å². The zero-order valence-electron chi connectivity index (χ0n) is 19.8. The summed E-state index contributed by atoms with van der Waals surface area (Å²) in [6, 6.07) is 9.30. The molecule has 0 saturated carbocycles. The van der Waals surface area contributed by atoms with Crippen molar-refractivity contribution >= 4 is 50.5 Å². The van der Waals surface area contributed by atoms with Gasteiger partial charge >= 0.3 is 0 Å². The molecule has 2 aromatic heterocycles. The van der Waals surface area contributed by atoms with Crippen LogP contribution in [0.2, 0.25) is 5.15 Å². The maximum absolute atomic E-state index is 15.2. The van der Waals surface area contributed by atoms with Gasteiger partial charge in [0.05, 0.1) is 35.3 Å². The highest BCUT2D eigenvalue weighted by Crippen LogP contribution is 2.44. The zero-order valence-corrected chi connectivity index (χ0v) is 20.6. The quantitative estimate of drug-likeness (QED) is 0.241. The second-order valence-corrected chi connectivity index (χ2v) is 9.65. The van der Waals surface area contributed by atoms with Crippen LogP contribution in [0.3, 0.4) is 0 Å². The minimum absolute atomic E-state index is 0.101. The van der Waals surface area contributed by atoms with Crippen LogP contribution in [0.1, 0.15) is 46.1 Å². The highest BCUT2D eigenvalue weighted by molar-refractivity contribution is 6.31. The van der Waals surface area contributed by atoms with E-state index in [1.165, 1.54) is 13.0 Å². The van der Waals surface area contributed by atoms with Gasteiger partial charge in [-0.1, -0.05) is 42.0 Å². The van der Waals surface area contributed by atoms with Gasteiger partial charge in [0.2, 0.25) is 0 Å². The third-order valence-electron chi connectivity index (χ3n) is 6.89. The molecule has 0 N–H and O–H groups in total. The van der Waals surface area contributed by atoms with Gasteiger partial charge in [0, 0.05) is 47.4 Å². The van der Waals surface area contributed by atoms with Crippen molar-refractivity contribution in [3.8, 4) is 5.75 Å². The first-order valence-corrected chi connectivity index (χ1v) is 12.2. The first kappa shape index (κ1) is 22.7. The molecular weight excluding hydrogens is 479 g/mol. The topological polar surface area (TPSA) is 61.2 Å². The SMILES string of the molecule is CC(=O)c1c(C2=CC=CCC2=O)c2c3c(c(F)cc2n1Cc1cc2ccc(C)cc2nc1Cl)CCO3. The Balaban J connectivity index is 1.66. The lowest BCUT2D eigenvalue weighted by molar-refractivity contribution is -0.113. The van der Waals surface area contributed by atoms with Gasteiger partial charge in [0.25, 0.3) is 0 Å². The van der Waals surface area contributed by atoms with Crippen molar-refractivity contribution in [3.05, 3.63) is 87.5 Å². The van der Waals surface area contributed by atoms with E-state index in [0.717, 1.165) is 16.5 Å². The molecule has 6 rings (SSSR count). The number of hydrogen-bond donors (Lipinski definition) is 0. The average Bonchev–Trinajstić information content (AvgIpc) is 3.44. The molecule has 1 aliphatic heterocycles. The highest BCUT2D eigenvalue weighted by Gasteiger charge is 2.32. The number of carbonyl (C=O) groups is 2. The molecule has 0 bridgehead atoms. The molecule has 0 unspecified atom stereocenters. The molecule has 7 heteroatoms. The standard InChI is InChI=1S/C29H22ClFN2O3/c1-15-7-8-17-12-18(29(30)32-22(17)11-15)14-33-23-13-21(31)19-9-10-36-28(19)26(23)25(27(33)16(2)34)20-5-3-4-6-24(20)35/h3-5,7-8,11-13H,6,9-10,14H2,1-2H3. The van der Waals surface area contributed by atoms with E-state index >= 15 is 4.39 Å². The number of allylic oxidation sites excluding steroid dienone is 4. The van der Waals surface area contributed by atoms with Crippen LogP contribution in [-0.4, -0.2) is 27.7 Å². The van der Waals surface area contributed by atoms with Gasteiger partial charge in [0.1, 0.15) is 16.7 Å². The normalized spacial score (nSPS) is 14.9. The molecule has 36 heavy (non-hydrogen) atoms. The molecule has 0 radical (unpaired) electrons. The second kappa shape index (κ2) is 8.42. The van der Waals surface area contributed by atoms with Crippen LogP contribution in [0, 0.1) is 12.7 Å². The van der Waals surface area contributed by atoms with E-state index < -0.39 is 5.82 Å². The molecule has 3 heterocycles. The first-order chi connectivity index (χ1) is 17.3. The Kier molecular flexibility index (Phi) is 5.30. The third-order valence-corrected chi connectivity index (χ3v) is 7.22. The van der Waals surface area contributed by atoms with E-state index in [1.54, 1.807) is 22.8 Å². The lowest BCUT2D eigenvalue weighted by Gasteiger charge is -2.13. The molecule has 2 aromatic carbocycles. The lowest BCUT2D eigenvalue weighted by Crippen LogP contribution is -2.12. The summed E-state index contributed by atoms with van der Waals surface area (Å²) >= 11 is 6.61. The van der Waals surface area contributed by atoms with Gasteiger partial charge in [-0.05, 0) is 30.7 Å². The first-order valence-electron chi connectivity index (χ1n) is 11.8. The van der Waals surface area contributed by atoms with E-state index in [-0.39, 0.29) is 24.5 Å². The van der Waals surface area contributed by atoms with E-state index in [2.05, 4.69) is 4.98 Å². The van der Waals surface area contributed by atoms with Gasteiger partial charge in [0.15, 0.2) is 11.6 Å². The molecule has 4 aromatic rings. The number of ketones is 2. The highest BCUT2D eigenvalue weighted by atomic mass is 35.5. The predicted molar refractivity (Wildman–Crippen MR) is 138 cm³/mol. The molecule has 0 saturated heterocycles. The fourth-order valence-corrected chi connectivity index (χ4v) is 5.47. The van der Waals surface area contributed by atoms with Gasteiger partial charge in [-0.3, -0.25) is 9.59 Å². The van der Waals surface area contributed by atoms with Crippen LogP contribution < -0.4 is 4.74 Å². The fraction of sp³-hybridized carbons (Fsp3) is 0.207. The Morgan fingerprint density at radius 1 is 1.25 bits per heavy atom. The summed E-state index contributed by atoms with van der Waals surface area (Å²) in [6.07, 6.45) is 5.97. The Hall–Kier alpha value is -3.77. The van der Waals surface area contributed by atoms with Crippen molar-refractivity contribution < 1.29 is 18.7 Å². The van der Waals surface area contributed by atoms with Crippen LogP contribution in [-0.2, 0) is 17.8 Å². The van der Waals surface area contributed by atoms with E-state index in [0.29, 0.717) is 62.8 Å². The molecular formula is C29H22ClFN2O3. The maximum atomic E-state index is 15.2. The van der Waals surface area contributed by atoms with Gasteiger partial charge in [-0.25, -0.2) is 9.37 Å². The summed E-state index contributed by atoms with van der Waals surface area (Å²) in [5, 5.41) is 1.80. The number of aryl methyl sites for hydroxylation is 1. The number of hydrogen-bond acceptors (Lipinski definition) is 4. The van der Waals surface area contributed by atoms with Gasteiger partial charge < -0.3 is 9.30 Å². The van der Waals surface area contributed by atoms with Gasteiger partial charge in [-0.2, -0.15) is 0 Å². The van der Waals surface area contributed by atoms with Crippen molar-refractivity contribution in [3.63, 3.8) is 0 Å². The second-order valence-electron chi connectivity index (χ2n) is 9.29. The lowest BCUT2D eigenvalue weighted by atomic mass is 9.92. The summed E-state index contributed by atoms with van der Waals surface area (Å²) in [4.78, 5) is 30.7. The molecule has 0 amide bonds. The Morgan fingerprint density at radius 3 is 2.86 bits per heavy atom. The Morgan fingerprint density at radius 2 is 2.08 bits per heavy atom. The smallest absolute Gasteiger partial charge is 0.176 e. The van der Waals surface area contributed by atoms with Crippen LogP contribution in [0.4, 0.5) is 4.39 Å². The largest absolute Gasteiger partial charge is 0.492 e. The summed E-state index contributed by atoms with van der Waals surface area (Å²) in [6.45, 7) is 3.97. The number of Topliss-reactive ketones (excluding diaryl/α,β-unsaturated/α-hetero) is 2. The van der Waals surface area contributed by atoms with Crippen LogP contribution >= 0.6 is 11.6 Å². The summed E-state index contributed by atoms with van der Waals surface area (Å²) in [7, 11) is 0. The van der Waals surface area contributed by atoms with Crippen molar-refractivity contribution in [2.75, 3.05) is 6.61 Å². The van der Waals surface area contributed by atoms with Crippen LogP contribution in [0.5, 0.6) is 5.75 Å². The summed E-state index contributed by atoms with van der Waals surface area (Å²) < 4.78 is 22.9. The third kappa shape index (κ3) is 3.47. The monoisotopic (exact) mass is 500 g/mol. The number of benzene rings is 2. The van der Waals surface area contributed by atoms with Crippen molar-refractivity contribution in [2.45, 2.75) is 33.2 Å². The molecule has 180 valence electrons. The molecule has 0 spiro atoms. The molecule has 0 atom stereocenters. The van der Waals surface area contributed by atoms with Crippen LogP contribution in [0.25, 0.3) is 27.4 Å². The predicted octanol–water partition coefficient (Wildman–Crippen LogP) is 6.39. The number of nitrogens with zero attached hydrogens (tertiary/aromatic N) is 2. The van der Waals surface area contributed by atoms with Crippen molar-refractivity contribution in [1.82, 2.24) is 9.55 Å². The number of pyridine rings is 1. The number of rotatable bonds is 4. The molecule has 5 nitrogen and oxygen atoms in total.